The molecule has 15 heavy (non-hydrogen) atoms. The molecule has 0 saturated carbocycles. The summed E-state index contributed by atoms with van der Waals surface area (Å²) < 4.78 is 16.6. The van der Waals surface area contributed by atoms with E-state index in [9.17, 15) is 9.35 Å². The Kier molecular flexibility index (Phi) is 3.03. The molecule has 1 atom stereocenters. The topological polar surface area (TPSA) is 73.2 Å². The first-order valence-corrected chi connectivity index (χ1v) is 6.08. The molecule has 0 radical (unpaired) electrons. The third-order valence-corrected chi connectivity index (χ3v) is 3.60. The van der Waals surface area contributed by atoms with Crippen molar-refractivity contribution in [3.63, 3.8) is 0 Å². The Bertz CT molecular complexity index is 394. The van der Waals surface area contributed by atoms with Crippen LogP contribution in [0.3, 0.4) is 0 Å². The second-order valence-corrected chi connectivity index (χ2v) is 4.47. The standard InChI is InChI=1S/C8H14N4O2S/c1-2-12-8(13)7(10-15(12)14)11-5-3-9-4-6-11/h9H,2-6H2,1H3. The molecule has 6 nitrogen and oxygen atoms in total. The van der Waals surface area contributed by atoms with Gasteiger partial charge in [-0.15, -0.1) is 3.96 Å². The third kappa shape index (κ3) is 1.90. The maximum Gasteiger partial charge on any atom is 0.341 e. The highest BCUT2D eigenvalue weighted by Gasteiger charge is 2.23. The van der Waals surface area contributed by atoms with Crippen molar-refractivity contribution < 1.29 is 4.55 Å². The molecule has 2 rings (SSSR count). The fraction of sp³-hybridized carbons (Fsp3) is 0.750. The number of hydrogen-bond donors (Lipinski definition) is 1. The summed E-state index contributed by atoms with van der Waals surface area (Å²) >= 11 is -1.51. The molecule has 0 aliphatic carbocycles. The number of rotatable bonds is 2. The van der Waals surface area contributed by atoms with Gasteiger partial charge in [-0.2, -0.15) is 0 Å². The van der Waals surface area contributed by atoms with Gasteiger partial charge >= 0.3 is 5.56 Å². The van der Waals surface area contributed by atoms with E-state index in [2.05, 4.69) is 9.69 Å². The average molecular weight is 230 g/mol. The summed E-state index contributed by atoms with van der Waals surface area (Å²) in [6.07, 6.45) is 0. The molecule has 1 aromatic rings. The van der Waals surface area contributed by atoms with Crippen LogP contribution >= 0.6 is 11.1 Å². The van der Waals surface area contributed by atoms with Crippen LogP contribution in [0.25, 0.3) is 0 Å². The van der Waals surface area contributed by atoms with Crippen LogP contribution in [0.4, 0.5) is 5.82 Å². The molecule has 0 spiro atoms. The Labute approximate surface area is 90.6 Å². The van der Waals surface area contributed by atoms with Crippen LogP contribution in [0.5, 0.6) is 0 Å². The van der Waals surface area contributed by atoms with Crippen LogP contribution in [-0.4, -0.2) is 39.1 Å². The fourth-order valence-electron chi connectivity index (χ4n) is 1.67. The summed E-state index contributed by atoms with van der Waals surface area (Å²) in [6, 6.07) is 0. The molecule has 0 amide bonds. The zero-order chi connectivity index (χ0) is 10.8. The summed E-state index contributed by atoms with van der Waals surface area (Å²) in [4.78, 5) is 13.7. The van der Waals surface area contributed by atoms with Crippen molar-refractivity contribution in [1.82, 2.24) is 13.6 Å². The maximum atomic E-state index is 11.8. The molecule has 1 aliphatic heterocycles. The molecule has 7 heteroatoms. The maximum absolute atomic E-state index is 11.8. The summed E-state index contributed by atoms with van der Waals surface area (Å²) in [6.45, 7) is 5.41. The lowest BCUT2D eigenvalue weighted by atomic mass is 10.4. The van der Waals surface area contributed by atoms with E-state index in [1.54, 1.807) is 6.92 Å². The minimum atomic E-state index is -1.51. The van der Waals surface area contributed by atoms with Crippen LogP contribution in [-0.2, 0) is 6.54 Å². The minimum Gasteiger partial charge on any atom is -0.548 e. The molecular weight excluding hydrogens is 216 g/mol. The van der Waals surface area contributed by atoms with Gasteiger partial charge < -0.3 is 14.8 Å². The van der Waals surface area contributed by atoms with Gasteiger partial charge in [0, 0.05) is 30.6 Å². The van der Waals surface area contributed by atoms with Gasteiger partial charge in [-0.05, 0) is 6.92 Å². The molecule has 0 bridgehead atoms. The fourth-order valence-corrected chi connectivity index (χ4v) is 2.55. The summed E-state index contributed by atoms with van der Waals surface area (Å²) in [5, 5.41) is 3.19. The molecule has 1 unspecified atom stereocenters. The zero-order valence-electron chi connectivity index (χ0n) is 8.60. The third-order valence-electron chi connectivity index (χ3n) is 2.47. The normalized spacial score (nSPS) is 18.3. The summed E-state index contributed by atoms with van der Waals surface area (Å²) in [5.41, 5.74) is -0.210. The van der Waals surface area contributed by atoms with Crippen molar-refractivity contribution in [3.8, 4) is 0 Å². The molecule has 2 heterocycles. The van der Waals surface area contributed by atoms with Crippen molar-refractivity contribution >= 4 is 17.0 Å². The Morgan fingerprint density at radius 3 is 2.73 bits per heavy atom. The van der Waals surface area contributed by atoms with Gasteiger partial charge in [0.25, 0.3) is 5.82 Å². The molecule has 84 valence electrons. The quantitative estimate of drug-likeness (QED) is 0.687. The van der Waals surface area contributed by atoms with Crippen molar-refractivity contribution in [1.29, 1.82) is 0 Å². The van der Waals surface area contributed by atoms with Crippen LogP contribution in [0, 0.1) is 0 Å². The average Bonchev–Trinajstić information content (AvgIpc) is 2.55. The predicted octanol–water partition coefficient (Wildman–Crippen LogP) is -0.600. The second-order valence-electron chi connectivity index (χ2n) is 3.38. The first-order chi connectivity index (χ1) is 7.24. The number of hydrogen-bond acceptors (Lipinski definition) is 5. The van der Waals surface area contributed by atoms with E-state index in [4.69, 9.17) is 0 Å². The highest BCUT2D eigenvalue weighted by molar-refractivity contribution is 7.14. The van der Waals surface area contributed by atoms with Crippen LogP contribution in [0.15, 0.2) is 4.79 Å². The van der Waals surface area contributed by atoms with E-state index in [1.807, 2.05) is 4.90 Å². The van der Waals surface area contributed by atoms with Crippen molar-refractivity contribution in [2.75, 3.05) is 31.1 Å². The Morgan fingerprint density at radius 1 is 1.53 bits per heavy atom. The number of nitrogens with one attached hydrogen (secondary N) is 1. The summed E-state index contributed by atoms with van der Waals surface area (Å²) in [7, 11) is 0. The van der Waals surface area contributed by atoms with Gasteiger partial charge in [-0.25, -0.2) is 0 Å². The van der Waals surface area contributed by atoms with Gasteiger partial charge in [-0.3, -0.25) is 4.79 Å². The van der Waals surface area contributed by atoms with E-state index < -0.39 is 11.1 Å². The molecule has 0 aromatic carbocycles. The second kappa shape index (κ2) is 4.30. The Hall–Kier alpha value is -0.920. The van der Waals surface area contributed by atoms with E-state index in [0.717, 1.165) is 26.2 Å². The van der Waals surface area contributed by atoms with Crippen molar-refractivity contribution in [2.45, 2.75) is 13.5 Å². The Morgan fingerprint density at radius 2 is 2.20 bits per heavy atom. The van der Waals surface area contributed by atoms with Crippen molar-refractivity contribution in [2.24, 2.45) is 0 Å². The minimum absolute atomic E-state index is 0.210. The monoisotopic (exact) mass is 230 g/mol. The van der Waals surface area contributed by atoms with Crippen LogP contribution < -0.4 is 15.8 Å². The lowest BCUT2D eigenvalue weighted by Gasteiger charge is -2.25. The molecular formula is C8H14N4O2S. The SMILES string of the molecule is CCn1c(=O)c(N2CCNCC2)n[s+]1[O-]. The van der Waals surface area contributed by atoms with Crippen LogP contribution in [0.2, 0.25) is 0 Å². The van der Waals surface area contributed by atoms with Gasteiger partial charge in [0.15, 0.2) is 11.1 Å². The molecule has 1 saturated heterocycles. The molecule has 1 fully saturated rings. The molecule has 1 N–H and O–H groups in total. The molecule has 1 aliphatic rings. The lowest BCUT2D eigenvalue weighted by Crippen LogP contribution is -2.45. The van der Waals surface area contributed by atoms with Gasteiger partial charge in [0.2, 0.25) is 0 Å². The predicted molar refractivity (Wildman–Crippen MR) is 57.9 cm³/mol. The summed E-state index contributed by atoms with van der Waals surface area (Å²) in [5.74, 6) is 0.358. The van der Waals surface area contributed by atoms with E-state index in [0.29, 0.717) is 12.4 Å². The highest BCUT2D eigenvalue weighted by Crippen LogP contribution is 2.13. The van der Waals surface area contributed by atoms with Gasteiger partial charge in [0.05, 0.1) is 6.54 Å². The Balaban J connectivity index is 2.31. The smallest absolute Gasteiger partial charge is 0.341 e. The van der Waals surface area contributed by atoms with E-state index in [1.165, 1.54) is 3.96 Å². The van der Waals surface area contributed by atoms with E-state index in [-0.39, 0.29) is 5.56 Å². The van der Waals surface area contributed by atoms with E-state index >= 15 is 0 Å². The van der Waals surface area contributed by atoms with Crippen molar-refractivity contribution in [3.05, 3.63) is 10.4 Å². The molecule has 1 aromatic heterocycles. The largest absolute Gasteiger partial charge is 0.548 e. The number of piperazine rings is 1. The lowest BCUT2D eigenvalue weighted by molar-refractivity contribution is 0.564. The number of nitrogens with zero attached hydrogens (tertiary/aromatic N) is 3. The first-order valence-electron chi connectivity index (χ1n) is 5.02. The highest BCUT2D eigenvalue weighted by atomic mass is 32.2. The van der Waals surface area contributed by atoms with Crippen LogP contribution in [0.1, 0.15) is 6.92 Å². The number of anilines is 1. The van der Waals surface area contributed by atoms with Gasteiger partial charge in [0.1, 0.15) is 0 Å². The first kappa shape index (κ1) is 10.6. The van der Waals surface area contributed by atoms with Gasteiger partial charge in [-0.1, -0.05) is 0 Å². The number of aromatic nitrogens is 2. The zero-order valence-corrected chi connectivity index (χ0v) is 9.42.